The Labute approximate surface area is 167 Å². The Hall–Kier alpha value is -3.11. The summed E-state index contributed by atoms with van der Waals surface area (Å²) >= 11 is 0. The van der Waals surface area contributed by atoms with Gasteiger partial charge in [-0.2, -0.15) is 0 Å². The zero-order chi connectivity index (χ0) is 21.6. The molecule has 0 aromatic heterocycles. The van der Waals surface area contributed by atoms with Crippen LogP contribution in [-0.2, 0) is 14.8 Å². The minimum Gasteiger partial charge on any atom is -0.493 e. The minimum absolute atomic E-state index is 0.0673. The van der Waals surface area contributed by atoms with Crippen molar-refractivity contribution in [2.75, 3.05) is 13.7 Å². The zero-order valence-corrected chi connectivity index (χ0v) is 16.6. The van der Waals surface area contributed by atoms with Crippen LogP contribution in [0.2, 0.25) is 0 Å². The van der Waals surface area contributed by atoms with E-state index in [0.29, 0.717) is 23.7 Å². The standard InChI is InChI=1S/C19H21NO8S/c1-3-28-16-9-6-13(10-17(16)27-2)15(11-18(21)22)20-29(25,26)14-7-4-12(5-8-14)19(23)24/h4-10,15,20H,3,11H2,1-2H3,(H,21,22)(H,23,24)/t15-/m0/s1. The highest BCUT2D eigenvalue weighted by Gasteiger charge is 2.25. The van der Waals surface area contributed by atoms with Crippen LogP contribution in [0.1, 0.15) is 35.3 Å². The molecule has 0 fully saturated rings. The molecule has 0 bridgehead atoms. The van der Waals surface area contributed by atoms with Crippen LogP contribution >= 0.6 is 0 Å². The van der Waals surface area contributed by atoms with E-state index in [0.717, 1.165) is 24.3 Å². The maximum Gasteiger partial charge on any atom is 0.335 e. The molecule has 0 radical (unpaired) electrons. The lowest BCUT2D eigenvalue weighted by molar-refractivity contribution is -0.137. The fraction of sp³-hybridized carbons (Fsp3) is 0.263. The van der Waals surface area contributed by atoms with Crippen molar-refractivity contribution < 1.29 is 37.7 Å². The van der Waals surface area contributed by atoms with Crippen LogP contribution in [0.25, 0.3) is 0 Å². The van der Waals surface area contributed by atoms with E-state index >= 15 is 0 Å². The Morgan fingerprint density at radius 2 is 1.72 bits per heavy atom. The second-order valence-electron chi connectivity index (χ2n) is 5.94. The van der Waals surface area contributed by atoms with Gasteiger partial charge in [-0.3, -0.25) is 4.79 Å². The van der Waals surface area contributed by atoms with Gasteiger partial charge in [0, 0.05) is 0 Å². The Morgan fingerprint density at radius 1 is 1.07 bits per heavy atom. The molecule has 0 saturated carbocycles. The number of benzene rings is 2. The van der Waals surface area contributed by atoms with E-state index in [2.05, 4.69) is 4.72 Å². The molecule has 3 N–H and O–H groups in total. The number of carbonyl (C=O) groups is 2. The topological polar surface area (TPSA) is 139 Å². The molecule has 0 aliphatic carbocycles. The molecule has 0 unspecified atom stereocenters. The third-order valence-corrected chi connectivity index (χ3v) is 5.47. The van der Waals surface area contributed by atoms with Gasteiger partial charge in [-0.15, -0.1) is 0 Å². The largest absolute Gasteiger partial charge is 0.493 e. The van der Waals surface area contributed by atoms with Crippen molar-refractivity contribution in [2.45, 2.75) is 24.3 Å². The summed E-state index contributed by atoms with van der Waals surface area (Å²) in [4.78, 5) is 22.0. The van der Waals surface area contributed by atoms with Crippen LogP contribution in [0.3, 0.4) is 0 Å². The summed E-state index contributed by atoms with van der Waals surface area (Å²) in [6.07, 6.45) is -0.510. The van der Waals surface area contributed by atoms with Crippen LogP contribution < -0.4 is 14.2 Å². The molecule has 0 aliphatic rings. The van der Waals surface area contributed by atoms with Gasteiger partial charge in [-0.05, 0) is 48.9 Å². The molecule has 1 atom stereocenters. The van der Waals surface area contributed by atoms with Gasteiger partial charge >= 0.3 is 11.9 Å². The summed E-state index contributed by atoms with van der Waals surface area (Å²) in [7, 11) is -2.70. The molecule has 0 saturated heterocycles. The van der Waals surface area contributed by atoms with Crippen LogP contribution in [0.4, 0.5) is 0 Å². The number of methoxy groups -OCH3 is 1. The molecule has 29 heavy (non-hydrogen) atoms. The third-order valence-electron chi connectivity index (χ3n) is 3.98. The summed E-state index contributed by atoms with van der Waals surface area (Å²) in [6, 6.07) is 8.15. The Bertz CT molecular complexity index is 986. The molecular weight excluding hydrogens is 402 g/mol. The van der Waals surface area contributed by atoms with Crippen molar-refractivity contribution >= 4 is 22.0 Å². The van der Waals surface area contributed by atoms with E-state index in [1.165, 1.54) is 13.2 Å². The second-order valence-corrected chi connectivity index (χ2v) is 7.66. The van der Waals surface area contributed by atoms with Gasteiger partial charge in [0.1, 0.15) is 0 Å². The summed E-state index contributed by atoms with van der Waals surface area (Å²) in [5.41, 5.74) is 0.306. The molecular formula is C19H21NO8S. The highest BCUT2D eigenvalue weighted by atomic mass is 32.2. The Kier molecular flexibility index (Phi) is 7.18. The Balaban J connectivity index is 2.37. The van der Waals surface area contributed by atoms with Crippen molar-refractivity contribution in [2.24, 2.45) is 0 Å². The zero-order valence-electron chi connectivity index (χ0n) is 15.8. The van der Waals surface area contributed by atoms with Crippen molar-refractivity contribution in [3.8, 4) is 11.5 Å². The van der Waals surface area contributed by atoms with Crippen molar-refractivity contribution in [1.82, 2.24) is 4.72 Å². The van der Waals surface area contributed by atoms with Crippen LogP contribution in [0.15, 0.2) is 47.4 Å². The molecule has 0 aliphatic heterocycles. The number of carboxylic acids is 2. The van der Waals surface area contributed by atoms with E-state index in [9.17, 15) is 23.1 Å². The van der Waals surface area contributed by atoms with Crippen LogP contribution in [0, 0.1) is 0 Å². The summed E-state index contributed by atoms with van der Waals surface area (Å²) in [6.45, 7) is 2.19. The van der Waals surface area contributed by atoms with Gasteiger partial charge in [-0.25, -0.2) is 17.9 Å². The molecule has 10 heteroatoms. The second kappa shape index (κ2) is 9.39. The van der Waals surface area contributed by atoms with Gasteiger partial charge in [0.25, 0.3) is 0 Å². The first kappa shape index (κ1) is 22.2. The smallest absolute Gasteiger partial charge is 0.335 e. The van der Waals surface area contributed by atoms with Gasteiger partial charge in [0.2, 0.25) is 10.0 Å². The molecule has 2 rings (SSSR count). The molecule has 2 aromatic carbocycles. The first-order valence-electron chi connectivity index (χ1n) is 8.56. The summed E-state index contributed by atoms with van der Waals surface area (Å²) in [5.74, 6) is -1.61. The van der Waals surface area contributed by atoms with E-state index in [1.807, 2.05) is 0 Å². The minimum atomic E-state index is -4.11. The highest BCUT2D eigenvalue weighted by molar-refractivity contribution is 7.89. The maximum atomic E-state index is 12.7. The molecule has 9 nitrogen and oxygen atoms in total. The van der Waals surface area contributed by atoms with Gasteiger partial charge in [0.05, 0.1) is 36.6 Å². The predicted octanol–water partition coefficient (Wildman–Crippen LogP) is 2.29. The SMILES string of the molecule is CCOc1ccc([C@H](CC(=O)O)NS(=O)(=O)c2ccc(C(=O)O)cc2)cc1OC. The molecule has 0 amide bonds. The molecule has 0 heterocycles. The first-order chi connectivity index (χ1) is 13.7. The van der Waals surface area contributed by atoms with E-state index in [4.69, 9.17) is 14.6 Å². The number of aromatic carboxylic acids is 1. The van der Waals surface area contributed by atoms with E-state index < -0.39 is 34.4 Å². The van der Waals surface area contributed by atoms with E-state index in [1.54, 1.807) is 19.1 Å². The monoisotopic (exact) mass is 423 g/mol. The molecule has 156 valence electrons. The maximum absolute atomic E-state index is 12.7. The lowest BCUT2D eigenvalue weighted by atomic mass is 10.0. The number of aliphatic carboxylic acids is 1. The highest BCUT2D eigenvalue weighted by Crippen LogP contribution is 2.32. The quantitative estimate of drug-likeness (QED) is 0.529. The number of hydrogen-bond acceptors (Lipinski definition) is 6. The van der Waals surface area contributed by atoms with Crippen molar-refractivity contribution in [3.05, 3.63) is 53.6 Å². The normalized spacial score (nSPS) is 12.2. The van der Waals surface area contributed by atoms with Gasteiger partial charge in [0.15, 0.2) is 11.5 Å². The average molecular weight is 423 g/mol. The fourth-order valence-corrected chi connectivity index (χ4v) is 3.83. The van der Waals surface area contributed by atoms with Crippen molar-refractivity contribution in [1.29, 1.82) is 0 Å². The number of carboxylic acid groups (broad SMARTS) is 2. The van der Waals surface area contributed by atoms with Crippen molar-refractivity contribution in [3.63, 3.8) is 0 Å². The predicted molar refractivity (Wildman–Crippen MR) is 103 cm³/mol. The number of sulfonamides is 1. The first-order valence-corrected chi connectivity index (χ1v) is 10.0. The molecule has 0 spiro atoms. The number of nitrogens with one attached hydrogen (secondary N) is 1. The molecule has 2 aromatic rings. The average Bonchev–Trinajstić information content (AvgIpc) is 2.67. The van der Waals surface area contributed by atoms with Gasteiger partial charge in [-0.1, -0.05) is 6.07 Å². The van der Waals surface area contributed by atoms with Gasteiger partial charge < -0.3 is 19.7 Å². The third kappa shape index (κ3) is 5.69. The van der Waals surface area contributed by atoms with Crippen LogP contribution in [0.5, 0.6) is 11.5 Å². The number of hydrogen-bond donors (Lipinski definition) is 3. The summed E-state index contributed by atoms with van der Waals surface area (Å²) < 4.78 is 38.4. The lowest BCUT2D eigenvalue weighted by Gasteiger charge is -2.19. The Morgan fingerprint density at radius 3 is 2.24 bits per heavy atom. The van der Waals surface area contributed by atoms with E-state index in [-0.39, 0.29) is 10.5 Å². The number of rotatable bonds is 10. The number of ether oxygens (including phenoxy) is 2. The van der Waals surface area contributed by atoms with Crippen LogP contribution in [-0.4, -0.2) is 44.3 Å². The lowest BCUT2D eigenvalue weighted by Crippen LogP contribution is -2.30. The fourth-order valence-electron chi connectivity index (χ4n) is 2.61. The summed E-state index contributed by atoms with van der Waals surface area (Å²) in [5, 5.41) is 18.1.